The normalized spacial score (nSPS) is 16.0. The third kappa shape index (κ3) is 2.55. The Morgan fingerprint density at radius 3 is 2.69 bits per heavy atom. The lowest BCUT2D eigenvalue weighted by Gasteiger charge is -2.24. The molecule has 7 heteroatoms. The van der Waals surface area contributed by atoms with E-state index in [0.29, 0.717) is 21.5 Å². The van der Waals surface area contributed by atoms with Crippen LogP contribution in [0.15, 0.2) is 64.5 Å². The first-order chi connectivity index (χ1) is 12.6. The minimum Gasteiger partial charge on any atom is -0.420 e. The molecule has 4 rings (SSSR count). The largest absolute Gasteiger partial charge is 0.420 e. The summed E-state index contributed by atoms with van der Waals surface area (Å²) in [5, 5.41) is 16.8. The number of allylic oxidation sites excluding steroid dienone is 1. The highest BCUT2D eigenvalue weighted by molar-refractivity contribution is 9.10. The third-order valence-corrected chi connectivity index (χ3v) is 4.89. The number of H-pyrrole nitrogens is 1. The van der Waals surface area contributed by atoms with Gasteiger partial charge in [0.15, 0.2) is 0 Å². The Kier molecular flexibility index (Phi) is 3.98. The SMILES string of the molecule is N#CC1=C(N)Oc2n[nH]c(-c3ccccc3)c2[C@H]1c1ccc(F)c(Br)c1. The van der Waals surface area contributed by atoms with Crippen molar-refractivity contribution in [2.45, 2.75) is 5.92 Å². The maximum absolute atomic E-state index is 13.7. The van der Waals surface area contributed by atoms with Gasteiger partial charge in [-0.05, 0) is 39.2 Å². The van der Waals surface area contributed by atoms with Crippen molar-refractivity contribution in [1.29, 1.82) is 5.26 Å². The van der Waals surface area contributed by atoms with Crippen LogP contribution in [0.5, 0.6) is 5.88 Å². The molecule has 0 unspecified atom stereocenters. The van der Waals surface area contributed by atoms with Crippen LogP contribution in [0.2, 0.25) is 0 Å². The summed E-state index contributed by atoms with van der Waals surface area (Å²) in [4.78, 5) is 0. The fourth-order valence-corrected chi connectivity index (χ4v) is 3.49. The van der Waals surface area contributed by atoms with E-state index in [9.17, 15) is 9.65 Å². The van der Waals surface area contributed by atoms with Gasteiger partial charge in [-0.25, -0.2) is 4.39 Å². The molecule has 3 N–H and O–H groups in total. The molecular formula is C19H12BrFN4O. The third-order valence-electron chi connectivity index (χ3n) is 4.28. The van der Waals surface area contributed by atoms with Gasteiger partial charge in [0.1, 0.15) is 17.5 Å². The summed E-state index contributed by atoms with van der Waals surface area (Å²) < 4.78 is 19.6. The number of aromatic nitrogens is 2. The molecule has 1 aliphatic rings. The molecule has 128 valence electrons. The Bertz CT molecular complexity index is 1070. The average Bonchev–Trinajstić information content (AvgIpc) is 3.07. The Balaban J connectivity index is 1.97. The zero-order valence-electron chi connectivity index (χ0n) is 13.3. The topological polar surface area (TPSA) is 87.7 Å². The van der Waals surface area contributed by atoms with Crippen LogP contribution >= 0.6 is 15.9 Å². The van der Waals surface area contributed by atoms with Gasteiger partial charge < -0.3 is 10.5 Å². The Labute approximate surface area is 157 Å². The highest BCUT2D eigenvalue weighted by atomic mass is 79.9. The Morgan fingerprint density at radius 2 is 2.00 bits per heavy atom. The summed E-state index contributed by atoms with van der Waals surface area (Å²) in [6.07, 6.45) is 0. The van der Waals surface area contributed by atoms with Crippen LogP contribution in [-0.4, -0.2) is 10.2 Å². The van der Waals surface area contributed by atoms with Crippen molar-refractivity contribution in [1.82, 2.24) is 10.2 Å². The maximum Gasteiger partial charge on any atom is 0.244 e. The number of nitrogens with one attached hydrogen (secondary N) is 1. The van der Waals surface area contributed by atoms with Gasteiger partial charge in [-0.3, -0.25) is 5.10 Å². The monoisotopic (exact) mass is 410 g/mol. The van der Waals surface area contributed by atoms with Crippen LogP contribution in [0, 0.1) is 17.1 Å². The van der Waals surface area contributed by atoms with E-state index in [1.165, 1.54) is 6.07 Å². The number of nitriles is 1. The molecule has 2 aromatic carbocycles. The van der Waals surface area contributed by atoms with Gasteiger partial charge in [-0.1, -0.05) is 36.4 Å². The number of aromatic amines is 1. The second-order valence-electron chi connectivity index (χ2n) is 5.78. The Morgan fingerprint density at radius 1 is 1.23 bits per heavy atom. The van der Waals surface area contributed by atoms with E-state index in [1.54, 1.807) is 12.1 Å². The summed E-state index contributed by atoms with van der Waals surface area (Å²) in [7, 11) is 0. The van der Waals surface area contributed by atoms with Crippen molar-refractivity contribution >= 4 is 15.9 Å². The first-order valence-electron chi connectivity index (χ1n) is 7.76. The van der Waals surface area contributed by atoms with Crippen molar-refractivity contribution in [3.63, 3.8) is 0 Å². The van der Waals surface area contributed by atoms with Crippen LogP contribution in [0.4, 0.5) is 4.39 Å². The van der Waals surface area contributed by atoms with Gasteiger partial charge in [-0.15, -0.1) is 5.10 Å². The molecule has 0 spiro atoms. The number of hydrogen-bond acceptors (Lipinski definition) is 4. The van der Waals surface area contributed by atoms with E-state index in [2.05, 4.69) is 32.2 Å². The van der Waals surface area contributed by atoms with Crippen LogP contribution in [0.1, 0.15) is 17.0 Å². The van der Waals surface area contributed by atoms with Crippen molar-refractivity contribution in [3.8, 4) is 23.2 Å². The smallest absolute Gasteiger partial charge is 0.244 e. The highest BCUT2D eigenvalue weighted by Gasteiger charge is 2.35. The van der Waals surface area contributed by atoms with Crippen LogP contribution in [0.25, 0.3) is 11.3 Å². The number of benzene rings is 2. The molecule has 0 saturated heterocycles. The quantitative estimate of drug-likeness (QED) is 0.662. The lowest BCUT2D eigenvalue weighted by atomic mass is 9.83. The number of rotatable bonds is 2. The van der Waals surface area contributed by atoms with Gasteiger partial charge in [0.2, 0.25) is 11.8 Å². The van der Waals surface area contributed by atoms with Crippen molar-refractivity contribution in [3.05, 3.63) is 81.4 Å². The molecule has 1 aliphatic heterocycles. The summed E-state index contributed by atoms with van der Waals surface area (Å²) in [5.41, 5.74) is 9.23. The number of ether oxygens (including phenoxy) is 1. The van der Waals surface area contributed by atoms with E-state index in [4.69, 9.17) is 10.5 Å². The van der Waals surface area contributed by atoms with Crippen molar-refractivity contribution in [2.75, 3.05) is 0 Å². The fourth-order valence-electron chi connectivity index (χ4n) is 3.10. The van der Waals surface area contributed by atoms with E-state index in [-0.39, 0.29) is 17.3 Å². The van der Waals surface area contributed by atoms with E-state index >= 15 is 0 Å². The number of hydrogen-bond donors (Lipinski definition) is 2. The molecule has 1 aromatic heterocycles. The lowest BCUT2D eigenvalue weighted by Crippen LogP contribution is -2.21. The van der Waals surface area contributed by atoms with Crippen LogP contribution in [0.3, 0.4) is 0 Å². The zero-order chi connectivity index (χ0) is 18.3. The fraction of sp³-hybridized carbons (Fsp3) is 0.0526. The molecule has 1 atom stereocenters. The lowest BCUT2D eigenvalue weighted by molar-refractivity contribution is 0.379. The minimum atomic E-state index is -0.519. The second-order valence-corrected chi connectivity index (χ2v) is 6.64. The van der Waals surface area contributed by atoms with Crippen LogP contribution < -0.4 is 10.5 Å². The minimum absolute atomic E-state index is 0.00319. The molecule has 3 aromatic rings. The first kappa shape index (κ1) is 16.4. The zero-order valence-corrected chi connectivity index (χ0v) is 14.9. The molecule has 2 heterocycles. The average molecular weight is 411 g/mol. The van der Waals surface area contributed by atoms with Gasteiger partial charge in [0, 0.05) is 0 Å². The summed E-state index contributed by atoms with van der Waals surface area (Å²) in [5.74, 6) is -0.594. The van der Waals surface area contributed by atoms with Crippen molar-refractivity contribution in [2.24, 2.45) is 5.73 Å². The number of nitrogens with two attached hydrogens (primary N) is 1. The molecule has 0 fully saturated rings. The molecule has 0 bridgehead atoms. The number of nitrogens with zero attached hydrogens (tertiary/aromatic N) is 2. The van der Waals surface area contributed by atoms with E-state index in [1.807, 2.05) is 30.3 Å². The maximum atomic E-state index is 13.7. The first-order valence-corrected chi connectivity index (χ1v) is 8.55. The van der Waals surface area contributed by atoms with Gasteiger partial charge in [-0.2, -0.15) is 5.26 Å². The van der Waals surface area contributed by atoms with Gasteiger partial charge >= 0.3 is 0 Å². The standard InChI is InChI=1S/C19H12BrFN4O/c20-13-8-11(6-7-14(13)21)15-12(9-22)18(23)26-19-16(15)17(24-25-19)10-4-2-1-3-5-10/h1-8,15H,23H2,(H,24,25)/t15-/m0/s1. The predicted octanol–water partition coefficient (Wildman–Crippen LogP) is 4.20. The predicted molar refractivity (Wildman–Crippen MR) is 97.4 cm³/mol. The number of halogens is 2. The van der Waals surface area contributed by atoms with Gasteiger partial charge in [0.05, 0.1) is 21.6 Å². The van der Waals surface area contributed by atoms with Crippen molar-refractivity contribution < 1.29 is 9.13 Å². The summed E-state index contributed by atoms with van der Waals surface area (Å²) in [6, 6.07) is 16.3. The molecule has 0 radical (unpaired) electrons. The molecule has 0 aliphatic carbocycles. The van der Waals surface area contributed by atoms with E-state index in [0.717, 1.165) is 11.3 Å². The molecule has 5 nitrogen and oxygen atoms in total. The number of fused-ring (bicyclic) bond motifs is 1. The molecule has 26 heavy (non-hydrogen) atoms. The summed E-state index contributed by atoms with van der Waals surface area (Å²) >= 11 is 3.20. The molecule has 0 amide bonds. The van der Waals surface area contributed by atoms with E-state index < -0.39 is 5.92 Å². The Hall–Kier alpha value is -3.11. The molecule has 0 saturated carbocycles. The second kappa shape index (κ2) is 6.32. The highest BCUT2D eigenvalue weighted by Crippen LogP contribution is 2.46. The molecular weight excluding hydrogens is 399 g/mol. The summed E-state index contributed by atoms with van der Waals surface area (Å²) in [6.45, 7) is 0. The van der Waals surface area contributed by atoms with Crippen LogP contribution in [-0.2, 0) is 0 Å². The van der Waals surface area contributed by atoms with Gasteiger partial charge in [0.25, 0.3) is 0 Å².